The molecule has 7 heteroatoms. The minimum atomic E-state index is -0.595. The summed E-state index contributed by atoms with van der Waals surface area (Å²) in [4.78, 5) is 11.7. The van der Waals surface area contributed by atoms with Gasteiger partial charge in [-0.2, -0.15) is 0 Å². The highest BCUT2D eigenvalue weighted by Gasteiger charge is 2.22. The van der Waals surface area contributed by atoms with Crippen molar-refractivity contribution in [3.05, 3.63) is 95.6 Å². The third-order valence-electron chi connectivity index (χ3n) is 5.56. The smallest absolute Gasteiger partial charge is 0.330 e. The fourth-order valence-electron chi connectivity index (χ4n) is 3.70. The number of rotatable bonds is 9. The van der Waals surface area contributed by atoms with E-state index < -0.39 is 5.60 Å². The van der Waals surface area contributed by atoms with Crippen LogP contribution in [-0.2, 0) is 16.0 Å². The lowest BCUT2D eigenvalue weighted by atomic mass is 10.1. The van der Waals surface area contributed by atoms with Crippen LogP contribution in [0.4, 0.5) is 0 Å². The van der Waals surface area contributed by atoms with Crippen molar-refractivity contribution in [1.29, 1.82) is 0 Å². The molecule has 2 aromatic carbocycles. The van der Waals surface area contributed by atoms with Crippen LogP contribution in [-0.4, -0.2) is 33.1 Å². The molecule has 1 aromatic heterocycles. The van der Waals surface area contributed by atoms with E-state index in [-0.39, 0.29) is 12.0 Å². The molecule has 7 nitrogen and oxygen atoms in total. The molecule has 1 atom stereocenters. The van der Waals surface area contributed by atoms with E-state index >= 15 is 0 Å². The Hall–Kier alpha value is -3.87. The minimum Gasteiger partial charge on any atom is -0.493 e. The number of ether oxygens (including phenoxy) is 2. The van der Waals surface area contributed by atoms with Crippen molar-refractivity contribution in [2.45, 2.75) is 45.3 Å². The van der Waals surface area contributed by atoms with Gasteiger partial charge in [-0.05, 0) is 50.1 Å². The van der Waals surface area contributed by atoms with E-state index in [4.69, 9.17) is 9.47 Å². The highest BCUT2D eigenvalue weighted by Crippen LogP contribution is 2.23. The van der Waals surface area contributed by atoms with Gasteiger partial charge in [0.2, 0.25) is 0 Å². The summed E-state index contributed by atoms with van der Waals surface area (Å²) in [6.45, 7) is 6.00. The summed E-state index contributed by atoms with van der Waals surface area (Å²) in [7, 11) is 0. The van der Waals surface area contributed by atoms with Crippen molar-refractivity contribution >= 4 is 12.0 Å². The average molecular weight is 459 g/mol. The molecule has 176 valence electrons. The van der Waals surface area contributed by atoms with E-state index in [1.54, 1.807) is 13.0 Å². The van der Waals surface area contributed by atoms with Crippen molar-refractivity contribution in [2.24, 2.45) is 0 Å². The van der Waals surface area contributed by atoms with Crippen molar-refractivity contribution < 1.29 is 14.3 Å². The zero-order valence-corrected chi connectivity index (χ0v) is 19.8. The number of benzene rings is 2. The van der Waals surface area contributed by atoms with Gasteiger partial charge >= 0.3 is 5.97 Å². The van der Waals surface area contributed by atoms with Gasteiger partial charge < -0.3 is 14.9 Å². The molecule has 1 aliphatic rings. The molecule has 0 saturated heterocycles. The fraction of sp³-hybridized carbons (Fsp3) is 0.296. The molecule has 1 N–H and O–H groups in total. The molecular formula is C27H30N4O3. The summed E-state index contributed by atoms with van der Waals surface area (Å²) in [5, 5.41) is 8.67. The predicted octanol–water partition coefficient (Wildman–Crippen LogP) is 4.85. The molecule has 0 fully saturated rings. The van der Waals surface area contributed by atoms with Gasteiger partial charge in [0.05, 0.1) is 12.6 Å². The standard InChI is InChI=1S/C27H30N4O3/c1-4-8-26(32)34-27(2,3)17-18-33-22-13-11-20(12-14-22)19-25-29-28-24-16-15-23(30-31(24)25)21-9-6-5-7-10-21/h4-16,23,30H,17-19H2,1-3H3/b8-4+. The van der Waals surface area contributed by atoms with Gasteiger partial charge in [0.1, 0.15) is 11.4 Å². The topological polar surface area (TPSA) is 78.3 Å². The molecule has 3 aromatic rings. The van der Waals surface area contributed by atoms with Gasteiger partial charge in [-0.1, -0.05) is 54.6 Å². The number of hydrogen-bond donors (Lipinski definition) is 1. The SMILES string of the molecule is C/C=C/C(=O)OC(C)(C)CCOc1ccc(Cc2nnc3n2NC(c2ccccc2)C=C3)cc1. The van der Waals surface area contributed by atoms with Crippen LogP contribution in [0.2, 0.25) is 0 Å². The third-order valence-corrected chi connectivity index (χ3v) is 5.56. The van der Waals surface area contributed by atoms with Gasteiger partial charge in [-0.25, -0.2) is 9.47 Å². The number of allylic oxidation sites excluding steroid dienone is 1. The van der Waals surface area contributed by atoms with Gasteiger partial charge in [0.25, 0.3) is 0 Å². The van der Waals surface area contributed by atoms with Crippen molar-refractivity contribution in [1.82, 2.24) is 14.9 Å². The molecule has 0 saturated carbocycles. The molecule has 1 unspecified atom stereocenters. The Balaban J connectivity index is 1.33. The van der Waals surface area contributed by atoms with Gasteiger partial charge in [-0.3, -0.25) is 0 Å². The molecule has 0 radical (unpaired) electrons. The Morgan fingerprint density at radius 2 is 1.88 bits per heavy atom. The quantitative estimate of drug-likeness (QED) is 0.365. The summed E-state index contributed by atoms with van der Waals surface area (Å²) in [6, 6.07) is 18.3. The minimum absolute atomic E-state index is 0.0701. The third kappa shape index (κ3) is 5.92. The normalized spacial score (nSPS) is 15.1. The average Bonchev–Trinajstić information content (AvgIpc) is 3.22. The summed E-state index contributed by atoms with van der Waals surface area (Å²) in [5.41, 5.74) is 5.19. The van der Waals surface area contributed by atoms with Crippen molar-refractivity contribution in [3.63, 3.8) is 0 Å². The first-order chi connectivity index (χ1) is 16.4. The number of carbonyl (C=O) groups is 1. The Morgan fingerprint density at radius 1 is 1.12 bits per heavy atom. The van der Waals surface area contributed by atoms with Crippen LogP contribution in [0.15, 0.2) is 72.8 Å². The first kappa shape index (κ1) is 23.3. The summed E-state index contributed by atoms with van der Waals surface area (Å²) >= 11 is 0. The second kappa shape index (κ2) is 10.4. The molecule has 0 spiro atoms. The first-order valence-electron chi connectivity index (χ1n) is 11.4. The lowest BCUT2D eigenvalue weighted by molar-refractivity contribution is -0.151. The first-order valence-corrected chi connectivity index (χ1v) is 11.4. The predicted molar refractivity (Wildman–Crippen MR) is 132 cm³/mol. The van der Waals surface area contributed by atoms with E-state index in [1.165, 1.54) is 11.6 Å². The molecular weight excluding hydrogens is 428 g/mol. The molecule has 1 aliphatic heterocycles. The van der Waals surface area contributed by atoms with Crippen LogP contribution in [0.1, 0.15) is 56.0 Å². The van der Waals surface area contributed by atoms with Gasteiger partial charge in [0.15, 0.2) is 11.6 Å². The largest absolute Gasteiger partial charge is 0.493 e. The molecule has 4 rings (SSSR count). The van der Waals surface area contributed by atoms with Crippen LogP contribution >= 0.6 is 0 Å². The van der Waals surface area contributed by atoms with Crippen LogP contribution in [0.25, 0.3) is 6.08 Å². The summed E-state index contributed by atoms with van der Waals surface area (Å²) in [6.07, 6.45) is 8.41. The molecule has 0 bridgehead atoms. The van der Waals surface area contributed by atoms with Crippen LogP contribution in [0.3, 0.4) is 0 Å². The van der Waals surface area contributed by atoms with E-state index in [0.717, 1.165) is 23.0 Å². The Kier molecular flexibility index (Phi) is 7.11. The molecule has 34 heavy (non-hydrogen) atoms. The summed E-state index contributed by atoms with van der Waals surface area (Å²) < 4.78 is 13.3. The number of hydrogen-bond acceptors (Lipinski definition) is 6. The Morgan fingerprint density at radius 3 is 2.62 bits per heavy atom. The van der Waals surface area contributed by atoms with Crippen LogP contribution in [0.5, 0.6) is 5.75 Å². The zero-order chi connectivity index (χ0) is 24.0. The van der Waals surface area contributed by atoms with E-state index in [9.17, 15) is 4.79 Å². The van der Waals surface area contributed by atoms with E-state index in [0.29, 0.717) is 19.4 Å². The maximum atomic E-state index is 11.7. The van der Waals surface area contributed by atoms with Crippen LogP contribution < -0.4 is 10.2 Å². The number of esters is 1. The lowest BCUT2D eigenvalue weighted by Gasteiger charge is -2.24. The number of carbonyl (C=O) groups excluding carboxylic acids is 1. The highest BCUT2D eigenvalue weighted by molar-refractivity contribution is 5.82. The van der Waals surface area contributed by atoms with Crippen LogP contribution in [0, 0.1) is 0 Å². The Bertz CT molecular complexity index is 1160. The zero-order valence-electron chi connectivity index (χ0n) is 19.8. The maximum absolute atomic E-state index is 11.7. The van der Waals surface area contributed by atoms with E-state index in [1.807, 2.05) is 67.1 Å². The second-order valence-corrected chi connectivity index (χ2v) is 8.79. The Labute approximate surface area is 200 Å². The molecule has 0 aliphatic carbocycles. The number of nitrogens with one attached hydrogen (secondary N) is 1. The highest BCUT2D eigenvalue weighted by atomic mass is 16.6. The number of nitrogens with zero attached hydrogens (tertiary/aromatic N) is 3. The van der Waals surface area contributed by atoms with Gasteiger partial charge in [0, 0.05) is 18.9 Å². The maximum Gasteiger partial charge on any atom is 0.330 e. The second-order valence-electron chi connectivity index (χ2n) is 8.79. The summed E-state index contributed by atoms with van der Waals surface area (Å²) in [5.74, 6) is 2.07. The fourth-order valence-corrected chi connectivity index (χ4v) is 3.70. The van der Waals surface area contributed by atoms with Crippen molar-refractivity contribution in [2.75, 3.05) is 12.0 Å². The lowest BCUT2D eigenvalue weighted by Crippen LogP contribution is -2.29. The molecule has 2 heterocycles. The van der Waals surface area contributed by atoms with E-state index in [2.05, 4.69) is 33.8 Å². The monoisotopic (exact) mass is 458 g/mol. The van der Waals surface area contributed by atoms with Gasteiger partial charge in [-0.15, -0.1) is 10.2 Å². The van der Waals surface area contributed by atoms with Crippen molar-refractivity contribution in [3.8, 4) is 5.75 Å². The molecule has 0 amide bonds. The number of fused-ring (bicyclic) bond motifs is 1. The number of aromatic nitrogens is 3.